The fourth-order valence-corrected chi connectivity index (χ4v) is 2.07. The van der Waals surface area contributed by atoms with E-state index in [1.807, 2.05) is 0 Å². The first-order valence-electron chi connectivity index (χ1n) is 7.58. The molecule has 0 bridgehead atoms. The number of unbranched alkanes of at least 4 members (excludes halogenated alkanes) is 9. The first-order chi connectivity index (χ1) is 9.97. The van der Waals surface area contributed by atoms with Crippen LogP contribution in [-0.2, 0) is 14.6 Å². The van der Waals surface area contributed by atoms with E-state index in [2.05, 4.69) is 17.7 Å². The van der Waals surface area contributed by atoms with Gasteiger partial charge in [-0.15, -0.1) is 0 Å². The van der Waals surface area contributed by atoms with E-state index in [9.17, 15) is 13.0 Å². The van der Waals surface area contributed by atoms with E-state index in [4.69, 9.17) is 5.26 Å². The topological polar surface area (TPSA) is 90.2 Å². The molecular weight excluding hydrogens is 313 g/mol. The molecule has 124 valence electrons. The fraction of sp³-hybridized carbons (Fsp3) is 0.800. The van der Waals surface area contributed by atoms with Crippen molar-refractivity contribution in [3.8, 4) is 6.07 Å². The summed E-state index contributed by atoms with van der Waals surface area (Å²) in [6.07, 6.45) is 12.9. The van der Waals surface area contributed by atoms with Crippen molar-refractivity contribution in [2.45, 2.75) is 71.1 Å². The largest absolute Gasteiger partial charge is 1.00 e. The minimum atomic E-state index is -4.48. The fourth-order valence-electron chi connectivity index (χ4n) is 1.75. The second kappa shape index (κ2) is 21.1. The molecule has 0 heterocycles. The summed E-state index contributed by atoms with van der Waals surface area (Å²) in [6.45, 7) is 5.36. The predicted octanol–water partition coefficient (Wildman–Crippen LogP) is 1.08. The van der Waals surface area contributed by atoms with Gasteiger partial charge in [-0.2, -0.15) is 5.26 Å². The summed E-state index contributed by atoms with van der Waals surface area (Å²) >= 11 is 0. The van der Waals surface area contributed by atoms with Gasteiger partial charge in [0.1, 0.15) is 0 Å². The van der Waals surface area contributed by atoms with Gasteiger partial charge in [-0.1, -0.05) is 71.3 Å². The van der Waals surface area contributed by atoms with Gasteiger partial charge >= 0.3 is 29.6 Å². The number of hydrogen-bond donors (Lipinski definition) is 0. The Bertz CT molecular complexity index is 366. The second-order valence-corrected chi connectivity index (χ2v) is 5.80. The molecule has 0 saturated carbocycles. The van der Waals surface area contributed by atoms with Crippen LogP contribution in [0.15, 0.2) is 12.7 Å². The Labute approximate surface area is 158 Å². The first kappa shape index (κ1) is 27.0. The zero-order chi connectivity index (χ0) is 16.4. The first-order valence-corrected chi connectivity index (χ1v) is 8.92. The van der Waals surface area contributed by atoms with Crippen LogP contribution in [0.3, 0.4) is 0 Å². The van der Waals surface area contributed by atoms with Crippen LogP contribution in [0.5, 0.6) is 0 Å². The molecule has 0 amide bonds. The summed E-state index contributed by atoms with van der Waals surface area (Å²) < 4.78 is 34.5. The van der Waals surface area contributed by atoms with Crippen molar-refractivity contribution >= 4 is 10.4 Å². The van der Waals surface area contributed by atoms with E-state index in [1.54, 1.807) is 6.07 Å². The Morgan fingerprint density at radius 2 is 1.41 bits per heavy atom. The average molecular weight is 341 g/mol. The predicted molar refractivity (Wildman–Crippen MR) is 83.3 cm³/mol. The molecule has 7 heteroatoms. The van der Waals surface area contributed by atoms with Crippen LogP contribution in [0.25, 0.3) is 0 Å². The van der Waals surface area contributed by atoms with Crippen LogP contribution >= 0.6 is 0 Å². The van der Waals surface area contributed by atoms with Crippen molar-refractivity contribution < 1.29 is 46.7 Å². The van der Waals surface area contributed by atoms with Crippen LogP contribution in [0.1, 0.15) is 71.1 Å². The van der Waals surface area contributed by atoms with Crippen molar-refractivity contribution in [1.82, 2.24) is 0 Å². The molecule has 0 aromatic heterocycles. The summed E-state index contributed by atoms with van der Waals surface area (Å²) in [5.41, 5.74) is 0. The van der Waals surface area contributed by atoms with Crippen LogP contribution in [0.2, 0.25) is 0 Å². The van der Waals surface area contributed by atoms with Gasteiger partial charge in [-0.25, -0.2) is 8.42 Å². The summed E-state index contributed by atoms with van der Waals surface area (Å²) in [6, 6.07) is 1.69. The van der Waals surface area contributed by atoms with Crippen molar-refractivity contribution in [1.29, 1.82) is 5.26 Å². The summed E-state index contributed by atoms with van der Waals surface area (Å²) in [5, 5.41) is 7.51. The van der Waals surface area contributed by atoms with Gasteiger partial charge in [0.25, 0.3) is 0 Å². The molecule has 5 nitrogen and oxygen atoms in total. The van der Waals surface area contributed by atoms with Crippen LogP contribution < -0.4 is 29.6 Å². The quantitative estimate of drug-likeness (QED) is 0.174. The molecule has 0 saturated heterocycles. The van der Waals surface area contributed by atoms with E-state index in [-0.39, 0.29) is 36.2 Å². The molecule has 0 N–H and O–H groups in total. The summed E-state index contributed by atoms with van der Waals surface area (Å²) in [7, 11) is -4.48. The normalized spacial score (nSPS) is 9.86. The number of rotatable bonds is 12. The molecule has 0 fully saturated rings. The van der Waals surface area contributed by atoms with Gasteiger partial charge in [0, 0.05) is 6.08 Å². The molecule has 0 aliphatic carbocycles. The number of hydrogen-bond acceptors (Lipinski definition) is 5. The van der Waals surface area contributed by atoms with E-state index in [0.717, 1.165) is 12.8 Å². The van der Waals surface area contributed by atoms with E-state index in [1.165, 1.54) is 51.0 Å². The van der Waals surface area contributed by atoms with Gasteiger partial charge in [0.15, 0.2) is 0 Å². The monoisotopic (exact) mass is 341 g/mol. The van der Waals surface area contributed by atoms with Crippen molar-refractivity contribution in [2.75, 3.05) is 6.61 Å². The maximum Gasteiger partial charge on any atom is 1.00 e. The zero-order valence-electron chi connectivity index (χ0n) is 14.1. The minimum Gasteiger partial charge on any atom is -0.726 e. The third-order valence-corrected chi connectivity index (χ3v) is 3.27. The Kier molecular flexibility index (Phi) is 25.9. The smallest absolute Gasteiger partial charge is 0.726 e. The SMILES string of the molecule is C=CC#N.CCCCCCCCCCCCOS(=O)(=O)[O-].[Na+]. The number of nitriles is 1. The molecule has 0 aromatic rings. The van der Waals surface area contributed by atoms with Gasteiger partial charge in [-0.3, -0.25) is 4.18 Å². The third kappa shape index (κ3) is 32.2. The maximum absolute atomic E-state index is 10.1. The Balaban J connectivity index is -0.000000640. The molecule has 0 aromatic carbocycles. The van der Waals surface area contributed by atoms with Crippen molar-refractivity contribution in [3.05, 3.63) is 12.7 Å². The third-order valence-electron chi connectivity index (χ3n) is 2.82. The molecule has 0 aliphatic rings. The molecule has 0 radical (unpaired) electrons. The van der Waals surface area contributed by atoms with E-state index < -0.39 is 10.4 Å². The average Bonchev–Trinajstić information content (AvgIpc) is 2.44. The molecule has 0 atom stereocenters. The number of allylic oxidation sites excluding steroid dienone is 1. The van der Waals surface area contributed by atoms with Crippen molar-refractivity contribution in [2.24, 2.45) is 0 Å². The van der Waals surface area contributed by atoms with Gasteiger partial charge in [0.2, 0.25) is 10.4 Å². The molecule has 22 heavy (non-hydrogen) atoms. The summed E-state index contributed by atoms with van der Waals surface area (Å²) in [4.78, 5) is 0. The number of nitrogens with zero attached hydrogens (tertiary/aromatic N) is 1. The standard InChI is InChI=1S/C12H26O4S.C3H3N.Na/c1-2-3-4-5-6-7-8-9-10-11-12-16-17(13,14)15;1-2-3-4;/h2-12H2,1H3,(H,13,14,15);2H,1H2;/q;;+1/p-1. The van der Waals surface area contributed by atoms with Gasteiger partial charge in [-0.05, 0) is 6.42 Å². The summed E-state index contributed by atoms with van der Waals surface area (Å²) in [5.74, 6) is 0. The Hall–Kier alpha value is 0.1000. The van der Waals surface area contributed by atoms with Gasteiger partial charge in [0.05, 0.1) is 12.7 Å². The van der Waals surface area contributed by atoms with E-state index in [0.29, 0.717) is 6.42 Å². The minimum absolute atomic E-state index is 0. The van der Waals surface area contributed by atoms with E-state index >= 15 is 0 Å². The molecule has 0 rings (SSSR count). The zero-order valence-corrected chi connectivity index (χ0v) is 16.9. The van der Waals surface area contributed by atoms with Crippen LogP contribution in [0.4, 0.5) is 0 Å². The molecule has 0 aliphatic heterocycles. The van der Waals surface area contributed by atoms with Gasteiger partial charge < -0.3 is 4.55 Å². The molecule has 0 spiro atoms. The Morgan fingerprint density at radius 3 is 1.73 bits per heavy atom. The van der Waals surface area contributed by atoms with Crippen LogP contribution in [0, 0.1) is 11.3 Å². The molecular formula is C15H28NNaO4S. The maximum atomic E-state index is 10.1. The second-order valence-electron chi connectivity index (χ2n) is 4.75. The van der Waals surface area contributed by atoms with Crippen molar-refractivity contribution in [3.63, 3.8) is 0 Å². The van der Waals surface area contributed by atoms with Crippen LogP contribution in [-0.4, -0.2) is 19.6 Å². The Morgan fingerprint density at radius 1 is 1.05 bits per heavy atom. The molecule has 0 unspecified atom stereocenters.